The first-order valence-corrected chi connectivity index (χ1v) is 10.6. The minimum Gasteiger partial charge on any atom is -0.353 e. The molecule has 4 heteroatoms. The van der Waals surface area contributed by atoms with E-state index in [0.29, 0.717) is 24.3 Å². The van der Waals surface area contributed by atoms with Gasteiger partial charge < -0.3 is 10.6 Å². The number of hydrogen-bond donors (Lipinski definition) is 2. The Balaban J connectivity index is 1.64. The van der Waals surface area contributed by atoms with Crippen LogP contribution in [0.5, 0.6) is 0 Å². The Kier molecular flexibility index (Phi) is 6.23. The zero-order chi connectivity index (χ0) is 19.6. The highest BCUT2D eigenvalue weighted by Gasteiger charge is 2.48. The molecule has 1 aromatic rings. The van der Waals surface area contributed by atoms with Crippen LogP contribution in [0.4, 0.5) is 5.69 Å². The van der Waals surface area contributed by atoms with E-state index in [0.717, 1.165) is 18.5 Å². The van der Waals surface area contributed by atoms with Crippen molar-refractivity contribution in [3.05, 3.63) is 29.3 Å². The average Bonchev–Trinajstić information content (AvgIpc) is 3.43. The third-order valence-electron chi connectivity index (χ3n) is 6.04. The van der Waals surface area contributed by atoms with Gasteiger partial charge in [0.25, 0.3) is 0 Å². The van der Waals surface area contributed by atoms with E-state index < -0.39 is 0 Å². The Labute approximate surface area is 163 Å². The lowest BCUT2D eigenvalue weighted by molar-refractivity contribution is -0.126. The first kappa shape index (κ1) is 19.9. The molecule has 2 amide bonds. The van der Waals surface area contributed by atoms with Gasteiger partial charge in [-0.15, -0.1) is 0 Å². The van der Waals surface area contributed by atoms with Gasteiger partial charge in [0.2, 0.25) is 11.8 Å². The Hall–Kier alpha value is -1.84. The van der Waals surface area contributed by atoms with Gasteiger partial charge >= 0.3 is 0 Å². The SMILES string of the molecule is CC(C)c1cccc(C(C)C)c1NC(=O)C1CC1C(=O)NC1CCCCC1. The minimum absolute atomic E-state index is 0.00575. The summed E-state index contributed by atoms with van der Waals surface area (Å²) < 4.78 is 0. The molecule has 2 aliphatic carbocycles. The van der Waals surface area contributed by atoms with Crippen LogP contribution in [-0.4, -0.2) is 17.9 Å². The molecular formula is C23H34N2O2. The van der Waals surface area contributed by atoms with Crippen LogP contribution in [0.1, 0.15) is 89.2 Å². The summed E-state index contributed by atoms with van der Waals surface area (Å²) in [5, 5.41) is 6.34. The second-order valence-electron chi connectivity index (χ2n) is 8.90. The summed E-state index contributed by atoms with van der Waals surface area (Å²) in [6.07, 6.45) is 6.50. The van der Waals surface area contributed by atoms with E-state index in [2.05, 4.69) is 56.5 Å². The van der Waals surface area contributed by atoms with Crippen LogP contribution >= 0.6 is 0 Å². The van der Waals surface area contributed by atoms with Crippen molar-refractivity contribution in [2.24, 2.45) is 11.8 Å². The average molecular weight is 371 g/mol. The van der Waals surface area contributed by atoms with Gasteiger partial charge in [-0.25, -0.2) is 0 Å². The molecule has 2 unspecified atom stereocenters. The highest BCUT2D eigenvalue weighted by atomic mass is 16.2. The van der Waals surface area contributed by atoms with Crippen molar-refractivity contribution in [3.8, 4) is 0 Å². The number of anilines is 1. The van der Waals surface area contributed by atoms with Crippen LogP contribution in [0.3, 0.4) is 0 Å². The molecule has 148 valence electrons. The number of para-hydroxylation sites is 1. The topological polar surface area (TPSA) is 58.2 Å². The molecule has 0 heterocycles. The van der Waals surface area contributed by atoms with Gasteiger partial charge in [-0.1, -0.05) is 65.2 Å². The van der Waals surface area contributed by atoms with Gasteiger partial charge in [0.1, 0.15) is 0 Å². The lowest BCUT2D eigenvalue weighted by atomic mass is 9.92. The number of hydrogen-bond acceptors (Lipinski definition) is 2. The summed E-state index contributed by atoms with van der Waals surface area (Å²) in [7, 11) is 0. The molecule has 0 saturated heterocycles. The third kappa shape index (κ3) is 4.72. The largest absolute Gasteiger partial charge is 0.353 e. The fourth-order valence-corrected chi connectivity index (χ4v) is 4.24. The maximum Gasteiger partial charge on any atom is 0.228 e. The van der Waals surface area contributed by atoms with Crippen molar-refractivity contribution in [2.45, 2.75) is 84.1 Å². The lowest BCUT2D eigenvalue weighted by Gasteiger charge is -2.23. The highest BCUT2D eigenvalue weighted by molar-refractivity contribution is 6.00. The van der Waals surface area contributed by atoms with E-state index in [1.807, 2.05) is 0 Å². The molecule has 0 aliphatic heterocycles. The van der Waals surface area contributed by atoms with Crippen LogP contribution in [0, 0.1) is 11.8 Å². The first-order chi connectivity index (χ1) is 12.9. The van der Waals surface area contributed by atoms with Crippen molar-refractivity contribution < 1.29 is 9.59 Å². The van der Waals surface area contributed by atoms with E-state index in [1.54, 1.807) is 0 Å². The predicted molar refractivity (Wildman–Crippen MR) is 110 cm³/mol. The molecule has 0 aromatic heterocycles. The zero-order valence-electron chi connectivity index (χ0n) is 17.2. The van der Waals surface area contributed by atoms with E-state index >= 15 is 0 Å². The Morgan fingerprint density at radius 3 is 2.00 bits per heavy atom. The summed E-state index contributed by atoms with van der Waals surface area (Å²) in [6, 6.07) is 6.56. The Bertz CT molecular complexity index is 663. The van der Waals surface area contributed by atoms with Gasteiger partial charge in [-0.3, -0.25) is 9.59 Å². The van der Waals surface area contributed by atoms with Gasteiger partial charge in [0.15, 0.2) is 0 Å². The zero-order valence-corrected chi connectivity index (χ0v) is 17.2. The summed E-state index contributed by atoms with van der Waals surface area (Å²) in [6.45, 7) is 8.58. The number of rotatable bonds is 6. The monoisotopic (exact) mass is 370 g/mol. The molecule has 3 rings (SSSR count). The van der Waals surface area contributed by atoms with E-state index in [-0.39, 0.29) is 23.7 Å². The van der Waals surface area contributed by atoms with Gasteiger partial charge in [-0.05, 0) is 42.2 Å². The van der Waals surface area contributed by atoms with Gasteiger partial charge in [0.05, 0.1) is 11.8 Å². The highest BCUT2D eigenvalue weighted by Crippen LogP contribution is 2.41. The molecule has 2 saturated carbocycles. The Morgan fingerprint density at radius 1 is 0.889 bits per heavy atom. The molecular weight excluding hydrogens is 336 g/mol. The van der Waals surface area contributed by atoms with Crippen molar-refractivity contribution in [1.82, 2.24) is 5.32 Å². The fraction of sp³-hybridized carbons (Fsp3) is 0.652. The molecule has 0 spiro atoms. The molecule has 0 radical (unpaired) electrons. The molecule has 0 bridgehead atoms. The van der Waals surface area contributed by atoms with Crippen molar-refractivity contribution in [1.29, 1.82) is 0 Å². The number of benzene rings is 1. The molecule has 2 fully saturated rings. The van der Waals surface area contributed by atoms with Crippen LogP contribution < -0.4 is 10.6 Å². The number of carbonyl (C=O) groups is 2. The molecule has 4 nitrogen and oxygen atoms in total. The molecule has 27 heavy (non-hydrogen) atoms. The molecule has 1 aromatic carbocycles. The van der Waals surface area contributed by atoms with Crippen molar-refractivity contribution >= 4 is 17.5 Å². The lowest BCUT2D eigenvalue weighted by Crippen LogP contribution is -2.37. The Morgan fingerprint density at radius 2 is 1.44 bits per heavy atom. The predicted octanol–water partition coefficient (Wildman–Crippen LogP) is 4.96. The maximum atomic E-state index is 12.8. The van der Waals surface area contributed by atoms with Crippen molar-refractivity contribution in [3.63, 3.8) is 0 Å². The molecule has 2 atom stereocenters. The van der Waals surface area contributed by atoms with Gasteiger partial charge in [-0.2, -0.15) is 0 Å². The quantitative estimate of drug-likeness (QED) is 0.744. The van der Waals surface area contributed by atoms with Crippen LogP contribution in [0.2, 0.25) is 0 Å². The van der Waals surface area contributed by atoms with Crippen LogP contribution in [-0.2, 0) is 9.59 Å². The smallest absolute Gasteiger partial charge is 0.228 e. The van der Waals surface area contributed by atoms with Crippen LogP contribution in [0.25, 0.3) is 0 Å². The number of amides is 2. The first-order valence-electron chi connectivity index (χ1n) is 10.6. The van der Waals surface area contributed by atoms with Gasteiger partial charge in [0, 0.05) is 11.7 Å². The number of carbonyl (C=O) groups excluding carboxylic acids is 2. The summed E-state index contributed by atoms with van der Waals surface area (Å²) >= 11 is 0. The van der Waals surface area contributed by atoms with E-state index in [4.69, 9.17) is 0 Å². The van der Waals surface area contributed by atoms with Crippen LogP contribution in [0.15, 0.2) is 18.2 Å². The summed E-state index contributed by atoms with van der Waals surface area (Å²) in [5.41, 5.74) is 3.28. The second-order valence-corrected chi connectivity index (χ2v) is 8.90. The number of nitrogens with one attached hydrogen (secondary N) is 2. The van der Waals surface area contributed by atoms with Crippen molar-refractivity contribution in [2.75, 3.05) is 5.32 Å². The normalized spacial score (nSPS) is 22.7. The molecule has 2 aliphatic rings. The standard InChI is InChI=1S/C23H34N2O2/c1-14(2)17-11-8-12-18(15(3)4)21(17)25-23(27)20-13-19(20)22(26)24-16-9-6-5-7-10-16/h8,11-12,14-16,19-20H,5-7,9-10,13H2,1-4H3,(H,24,26)(H,25,27). The minimum atomic E-state index is -0.186. The second kappa shape index (κ2) is 8.45. The van der Waals surface area contributed by atoms with E-state index in [1.165, 1.54) is 30.4 Å². The summed E-state index contributed by atoms with van der Waals surface area (Å²) in [5.74, 6) is 0.402. The fourth-order valence-electron chi connectivity index (χ4n) is 4.24. The molecule has 2 N–H and O–H groups in total. The summed E-state index contributed by atoms with van der Waals surface area (Å²) in [4.78, 5) is 25.3. The van der Waals surface area contributed by atoms with E-state index in [9.17, 15) is 9.59 Å². The maximum absolute atomic E-state index is 12.8. The third-order valence-corrected chi connectivity index (χ3v) is 6.04.